The lowest BCUT2D eigenvalue weighted by molar-refractivity contribution is 0.158. The molecule has 18 heavy (non-hydrogen) atoms. The highest BCUT2D eigenvalue weighted by atomic mass is 32.2. The van der Waals surface area contributed by atoms with Crippen LogP contribution in [0.25, 0.3) is 0 Å². The van der Waals surface area contributed by atoms with E-state index in [1.807, 2.05) is 0 Å². The zero-order valence-electron chi connectivity index (χ0n) is 10.3. The number of hydrogen-bond donors (Lipinski definition) is 2. The maximum Gasteiger partial charge on any atom is 0.243 e. The quantitative estimate of drug-likeness (QED) is 0.846. The Morgan fingerprint density at radius 1 is 1.28 bits per heavy atom. The van der Waals surface area contributed by atoms with Gasteiger partial charge in [-0.15, -0.1) is 0 Å². The van der Waals surface area contributed by atoms with E-state index in [1.54, 1.807) is 24.3 Å². The fourth-order valence-corrected chi connectivity index (χ4v) is 2.83. The standard InChI is InChI=1S/C12H18N2O3S/c1-13-18(15,16)12-5-3-2-4-11(12)17-10-6-8-14-9-7-10/h2-5,10,13-14H,6-9H2,1H3. The van der Waals surface area contributed by atoms with E-state index in [4.69, 9.17) is 4.74 Å². The minimum atomic E-state index is -3.47. The summed E-state index contributed by atoms with van der Waals surface area (Å²) in [5, 5.41) is 3.25. The summed E-state index contributed by atoms with van der Waals surface area (Å²) >= 11 is 0. The molecule has 5 nitrogen and oxygen atoms in total. The fraction of sp³-hybridized carbons (Fsp3) is 0.500. The average molecular weight is 270 g/mol. The van der Waals surface area contributed by atoms with Crippen LogP contribution in [-0.2, 0) is 10.0 Å². The van der Waals surface area contributed by atoms with Crippen molar-refractivity contribution in [1.29, 1.82) is 0 Å². The number of piperidine rings is 1. The highest BCUT2D eigenvalue weighted by Gasteiger charge is 2.21. The first-order valence-corrected chi connectivity index (χ1v) is 7.52. The SMILES string of the molecule is CNS(=O)(=O)c1ccccc1OC1CCNCC1. The molecule has 0 radical (unpaired) electrons. The average Bonchev–Trinajstić information content (AvgIpc) is 2.40. The molecule has 100 valence electrons. The Hall–Kier alpha value is -1.11. The lowest BCUT2D eigenvalue weighted by Crippen LogP contribution is -2.34. The van der Waals surface area contributed by atoms with Gasteiger partial charge < -0.3 is 10.1 Å². The Kier molecular flexibility index (Phi) is 4.21. The van der Waals surface area contributed by atoms with Gasteiger partial charge in [0.15, 0.2) is 0 Å². The molecule has 0 spiro atoms. The van der Waals surface area contributed by atoms with Gasteiger partial charge in [0, 0.05) is 0 Å². The van der Waals surface area contributed by atoms with Crippen LogP contribution >= 0.6 is 0 Å². The van der Waals surface area contributed by atoms with Crippen molar-refractivity contribution in [3.8, 4) is 5.75 Å². The minimum Gasteiger partial charge on any atom is -0.489 e. The Morgan fingerprint density at radius 3 is 2.61 bits per heavy atom. The third kappa shape index (κ3) is 3.01. The molecule has 1 aromatic carbocycles. The lowest BCUT2D eigenvalue weighted by atomic mass is 10.1. The first-order chi connectivity index (χ1) is 8.63. The third-order valence-corrected chi connectivity index (χ3v) is 4.44. The predicted molar refractivity (Wildman–Crippen MR) is 69.2 cm³/mol. The van der Waals surface area contributed by atoms with Gasteiger partial charge in [0.25, 0.3) is 0 Å². The number of para-hydroxylation sites is 1. The summed E-state index contributed by atoms with van der Waals surface area (Å²) in [5.74, 6) is 0.429. The molecule has 2 rings (SSSR count). The molecule has 0 amide bonds. The van der Waals surface area contributed by atoms with Crippen LogP contribution in [0.3, 0.4) is 0 Å². The van der Waals surface area contributed by atoms with Crippen LogP contribution in [0, 0.1) is 0 Å². The van der Waals surface area contributed by atoms with Crippen molar-refractivity contribution in [2.24, 2.45) is 0 Å². The van der Waals surface area contributed by atoms with Crippen molar-refractivity contribution in [3.63, 3.8) is 0 Å². The Morgan fingerprint density at radius 2 is 1.94 bits per heavy atom. The zero-order valence-corrected chi connectivity index (χ0v) is 11.2. The van der Waals surface area contributed by atoms with Crippen LogP contribution in [-0.4, -0.2) is 34.7 Å². The molecule has 1 heterocycles. The van der Waals surface area contributed by atoms with Gasteiger partial charge in [0.1, 0.15) is 16.7 Å². The van der Waals surface area contributed by atoms with Crippen LogP contribution in [0.4, 0.5) is 0 Å². The lowest BCUT2D eigenvalue weighted by Gasteiger charge is -2.24. The number of rotatable bonds is 4. The van der Waals surface area contributed by atoms with E-state index in [1.165, 1.54) is 7.05 Å². The van der Waals surface area contributed by atoms with Gasteiger partial charge >= 0.3 is 0 Å². The summed E-state index contributed by atoms with van der Waals surface area (Å²) < 4.78 is 31.9. The molecular formula is C12H18N2O3S. The smallest absolute Gasteiger partial charge is 0.243 e. The summed E-state index contributed by atoms with van der Waals surface area (Å²) in [7, 11) is -2.07. The summed E-state index contributed by atoms with van der Waals surface area (Å²) in [4.78, 5) is 0.200. The number of benzene rings is 1. The second-order valence-electron chi connectivity index (χ2n) is 4.22. The molecule has 1 fully saturated rings. The van der Waals surface area contributed by atoms with Crippen molar-refractivity contribution in [2.75, 3.05) is 20.1 Å². The molecule has 1 aliphatic heterocycles. The van der Waals surface area contributed by atoms with E-state index in [2.05, 4.69) is 10.0 Å². The van der Waals surface area contributed by atoms with Gasteiger partial charge in [-0.2, -0.15) is 0 Å². The molecule has 0 atom stereocenters. The number of nitrogens with one attached hydrogen (secondary N) is 2. The minimum absolute atomic E-state index is 0.0828. The molecule has 1 aliphatic rings. The first-order valence-electron chi connectivity index (χ1n) is 6.03. The molecule has 1 aromatic rings. The zero-order chi connectivity index (χ0) is 13.0. The van der Waals surface area contributed by atoms with E-state index < -0.39 is 10.0 Å². The van der Waals surface area contributed by atoms with Crippen LogP contribution < -0.4 is 14.8 Å². The number of hydrogen-bond acceptors (Lipinski definition) is 4. The number of sulfonamides is 1. The van der Waals surface area contributed by atoms with Crippen molar-refractivity contribution in [1.82, 2.24) is 10.0 Å². The largest absolute Gasteiger partial charge is 0.489 e. The fourth-order valence-electron chi connectivity index (χ4n) is 1.97. The molecule has 0 saturated carbocycles. The van der Waals surface area contributed by atoms with Gasteiger partial charge in [0.05, 0.1) is 0 Å². The van der Waals surface area contributed by atoms with E-state index in [-0.39, 0.29) is 11.0 Å². The van der Waals surface area contributed by atoms with Gasteiger partial charge in [-0.25, -0.2) is 13.1 Å². The van der Waals surface area contributed by atoms with Gasteiger partial charge in [-0.1, -0.05) is 12.1 Å². The molecule has 0 aliphatic carbocycles. The Balaban J connectivity index is 2.22. The summed E-state index contributed by atoms with van der Waals surface area (Å²) in [5.41, 5.74) is 0. The van der Waals surface area contributed by atoms with Crippen molar-refractivity contribution >= 4 is 10.0 Å². The molecule has 2 N–H and O–H groups in total. The predicted octanol–water partition coefficient (Wildman–Crippen LogP) is 0.725. The maximum atomic E-state index is 11.9. The molecule has 0 unspecified atom stereocenters. The van der Waals surface area contributed by atoms with E-state index in [0.29, 0.717) is 5.75 Å². The Bertz CT molecular complexity index is 496. The highest BCUT2D eigenvalue weighted by Crippen LogP contribution is 2.25. The second kappa shape index (κ2) is 5.69. The second-order valence-corrected chi connectivity index (χ2v) is 6.08. The maximum absolute atomic E-state index is 11.9. The van der Waals surface area contributed by atoms with Crippen LogP contribution in [0.1, 0.15) is 12.8 Å². The van der Waals surface area contributed by atoms with Crippen molar-refractivity contribution < 1.29 is 13.2 Å². The molecular weight excluding hydrogens is 252 g/mol. The molecule has 6 heteroatoms. The van der Waals surface area contributed by atoms with E-state index >= 15 is 0 Å². The van der Waals surface area contributed by atoms with E-state index in [0.717, 1.165) is 25.9 Å². The summed E-state index contributed by atoms with van der Waals surface area (Å²) in [6.45, 7) is 1.82. The van der Waals surface area contributed by atoms with Gasteiger partial charge in [-0.3, -0.25) is 0 Å². The molecule has 0 bridgehead atoms. The van der Waals surface area contributed by atoms with Crippen LogP contribution in [0.5, 0.6) is 5.75 Å². The Labute approximate surface area is 108 Å². The van der Waals surface area contributed by atoms with Crippen LogP contribution in [0.15, 0.2) is 29.2 Å². The highest BCUT2D eigenvalue weighted by molar-refractivity contribution is 7.89. The molecule has 1 saturated heterocycles. The molecule has 0 aromatic heterocycles. The third-order valence-electron chi connectivity index (χ3n) is 2.99. The monoisotopic (exact) mass is 270 g/mol. The van der Waals surface area contributed by atoms with Gasteiger partial charge in [-0.05, 0) is 45.1 Å². The van der Waals surface area contributed by atoms with Crippen molar-refractivity contribution in [3.05, 3.63) is 24.3 Å². The van der Waals surface area contributed by atoms with Gasteiger partial charge in [0.2, 0.25) is 10.0 Å². The van der Waals surface area contributed by atoms with Crippen molar-refractivity contribution in [2.45, 2.75) is 23.8 Å². The van der Waals surface area contributed by atoms with Crippen LogP contribution in [0.2, 0.25) is 0 Å². The normalized spacial score (nSPS) is 17.6. The number of ether oxygens (including phenoxy) is 1. The first kappa shape index (κ1) is 13.3. The topological polar surface area (TPSA) is 67.4 Å². The van der Waals surface area contributed by atoms with E-state index in [9.17, 15) is 8.42 Å². The summed E-state index contributed by atoms with van der Waals surface area (Å²) in [6.07, 6.45) is 1.88. The summed E-state index contributed by atoms with van der Waals surface area (Å²) in [6, 6.07) is 6.74.